The number of hydrogen-bond donors (Lipinski definition) is 1. The molecule has 2 atom stereocenters. The second-order valence-corrected chi connectivity index (χ2v) is 3.96. The van der Waals surface area contributed by atoms with Crippen LogP contribution in [0.25, 0.3) is 0 Å². The third-order valence-electron chi connectivity index (χ3n) is 3.16. The van der Waals surface area contributed by atoms with Crippen LogP contribution in [0.5, 0.6) is 0 Å². The van der Waals surface area contributed by atoms with Gasteiger partial charge in [0.05, 0.1) is 13.2 Å². The van der Waals surface area contributed by atoms with Crippen LogP contribution in [0.2, 0.25) is 0 Å². The molecule has 1 aliphatic carbocycles. The Balaban J connectivity index is 2.88. The predicted octanol–water partition coefficient (Wildman–Crippen LogP) is 1.10. The van der Waals surface area contributed by atoms with Crippen LogP contribution in [0.15, 0.2) is 0 Å². The van der Waals surface area contributed by atoms with E-state index in [1.54, 1.807) is 7.11 Å². The maximum Gasteiger partial charge on any atom is 0.328 e. The minimum atomic E-state index is -0.628. The molecule has 15 heavy (non-hydrogen) atoms. The molecule has 1 fully saturated rings. The summed E-state index contributed by atoms with van der Waals surface area (Å²) in [4.78, 5) is 11.9. The van der Waals surface area contributed by atoms with Crippen molar-refractivity contribution in [1.82, 2.24) is 5.32 Å². The highest BCUT2D eigenvalue weighted by molar-refractivity contribution is 5.81. The van der Waals surface area contributed by atoms with Crippen LogP contribution in [-0.2, 0) is 14.3 Å². The number of carbonyl (C=O) groups excluding carboxylic acids is 1. The normalized spacial score (nSPS) is 31.3. The van der Waals surface area contributed by atoms with Crippen LogP contribution < -0.4 is 5.32 Å². The molecular weight excluding hydrogens is 194 g/mol. The molecule has 4 nitrogen and oxygen atoms in total. The Morgan fingerprint density at radius 3 is 2.73 bits per heavy atom. The Bertz CT molecular complexity index is 216. The molecule has 0 aromatic heterocycles. The van der Waals surface area contributed by atoms with E-state index in [0.29, 0.717) is 0 Å². The number of likely N-dealkylation sites (N-methyl/N-ethyl adjacent to an activating group) is 1. The van der Waals surface area contributed by atoms with Gasteiger partial charge in [0.2, 0.25) is 0 Å². The van der Waals surface area contributed by atoms with Crippen molar-refractivity contribution in [1.29, 1.82) is 0 Å². The van der Waals surface area contributed by atoms with E-state index in [9.17, 15) is 4.79 Å². The van der Waals surface area contributed by atoms with Gasteiger partial charge >= 0.3 is 5.97 Å². The second-order valence-electron chi connectivity index (χ2n) is 3.96. The van der Waals surface area contributed by atoms with Crippen molar-refractivity contribution in [3.63, 3.8) is 0 Å². The molecule has 0 spiro atoms. The van der Waals surface area contributed by atoms with Gasteiger partial charge in [-0.05, 0) is 19.4 Å². The summed E-state index contributed by atoms with van der Waals surface area (Å²) >= 11 is 0. The summed E-state index contributed by atoms with van der Waals surface area (Å²) in [6.07, 6.45) is 3.80. The summed E-state index contributed by atoms with van der Waals surface area (Å²) in [5.74, 6) is -0.198. The van der Waals surface area contributed by atoms with Crippen LogP contribution in [-0.4, -0.2) is 38.4 Å². The average molecular weight is 215 g/mol. The van der Waals surface area contributed by atoms with E-state index in [2.05, 4.69) is 5.32 Å². The van der Waals surface area contributed by atoms with E-state index >= 15 is 0 Å². The number of hydrogen-bond acceptors (Lipinski definition) is 4. The highest BCUT2D eigenvalue weighted by Gasteiger charge is 2.47. The van der Waals surface area contributed by atoms with Crippen molar-refractivity contribution in [3.8, 4) is 0 Å². The fraction of sp³-hybridized carbons (Fsp3) is 0.909. The highest BCUT2D eigenvalue weighted by Crippen LogP contribution is 2.31. The van der Waals surface area contributed by atoms with E-state index in [1.165, 1.54) is 7.11 Å². The minimum Gasteiger partial charge on any atom is -0.468 e. The van der Waals surface area contributed by atoms with E-state index in [4.69, 9.17) is 9.47 Å². The molecule has 0 amide bonds. The number of methoxy groups -OCH3 is 2. The lowest BCUT2D eigenvalue weighted by atomic mass is 9.79. The van der Waals surface area contributed by atoms with Crippen molar-refractivity contribution in [2.45, 2.75) is 44.2 Å². The Labute approximate surface area is 91.3 Å². The van der Waals surface area contributed by atoms with Gasteiger partial charge in [0, 0.05) is 7.11 Å². The fourth-order valence-electron chi connectivity index (χ4n) is 2.47. The molecule has 0 radical (unpaired) electrons. The van der Waals surface area contributed by atoms with Gasteiger partial charge in [-0.1, -0.05) is 19.8 Å². The number of carbonyl (C=O) groups is 1. The molecule has 0 saturated heterocycles. The summed E-state index contributed by atoms with van der Waals surface area (Å²) in [6, 6.07) is 0. The molecule has 2 unspecified atom stereocenters. The topological polar surface area (TPSA) is 47.6 Å². The number of ether oxygens (including phenoxy) is 2. The summed E-state index contributed by atoms with van der Waals surface area (Å²) in [5.41, 5.74) is -0.628. The lowest BCUT2D eigenvalue weighted by Gasteiger charge is -2.41. The first kappa shape index (κ1) is 12.5. The van der Waals surface area contributed by atoms with Crippen LogP contribution in [0.4, 0.5) is 0 Å². The van der Waals surface area contributed by atoms with Gasteiger partial charge in [-0.2, -0.15) is 0 Å². The Morgan fingerprint density at radius 2 is 2.20 bits per heavy atom. The Kier molecular flexibility index (Phi) is 4.54. The van der Waals surface area contributed by atoms with E-state index < -0.39 is 5.54 Å². The zero-order chi connectivity index (χ0) is 11.3. The van der Waals surface area contributed by atoms with E-state index in [1.807, 2.05) is 6.92 Å². The molecule has 1 N–H and O–H groups in total. The molecule has 88 valence electrons. The Hall–Kier alpha value is -0.610. The van der Waals surface area contributed by atoms with Gasteiger partial charge < -0.3 is 9.47 Å². The summed E-state index contributed by atoms with van der Waals surface area (Å²) in [6.45, 7) is 2.74. The smallest absolute Gasteiger partial charge is 0.328 e. The molecular formula is C11H21NO3. The van der Waals surface area contributed by atoms with Crippen molar-refractivity contribution < 1.29 is 14.3 Å². The standard InChI is InChI=1S/C11H21NO3/c1-4-12-11(10(13)15-3)8-6-5-7-9(11)14-2/h9,12H,4-8H2,1-3H3. The van der Waals surface area contributed by atoms with Gasteiger partial charge in [-0.3, -0.25) is 5.32 Å². The lowest BCUT2D eigenvalue weighted by molar-refractivity contribution is -0.158. The lowest BCUT2D eigenvalue weighted by Crippen LogP contribution is -2.62. The predicted molar refractivity (Wildman–Crippen MR) is 57.7 cm³/mol. The third kappa shape index (κ3) is 2.32. The largest absolute Gasteiger partial charge is 0.468 e. The fourth-order valence-corrected chi connectivity index (χ4v) is 2.47. The summed E-state index contributed by atoms with van der Waals surface area (Å²) in [5, 5.41) is 3.25. The first-order chi connectivity index (χ1) is 7.21. The molecule has 1 saturated carbocycles. The maximum absolute atomic E-state index is 11.9. The molecule has 1 aliphatic rings. The second kappa shape index (κ2) is 5.47. The van der Waals surface area contributed by atoms with E-state index in [0.717, 1.165) is 32.2 Å². The Morgan fingerprint density at radius 1 is 1.47 bits per heavy atom. The molecule has 4 heteroatoms. The van der Waals surface area contributed by atoms with Crippen molar-refractivity contribution >= 4 is 5.97 Å². The van der Waals surface area contributed by atoms with Crippen LogP contribution >= 0.6 is 0 Å². The average Bonchev–Trinajstić information content (AvgIpc) is 2.28. The molecule has 0 bridgehead atoms. The van der Waals surface area contributed by atoms with Crippen molar-refractivity contribution in [3.05, 3.63) is 0 Å². The maximum atomic E-state index is 11.9. The molecule has 1 rings (SSSR count). The van der Waals surface area contributed by atoms with E-state index in [-0.39, 0.29) is 12.1 Å². The van der Waals surface area contributed by atoms with Crippen LogP contribution in [0, 0.1) is 0 Å². The minimum absolute atomic E-state index is 0.0707. The van der Waals surface area contributed by atoms with Crippen LogP contribution in [0.3, 0.4) is 0 Å². The number of esters is 1. The van der Waals surface area contributed by atoms with Gasteiger partial charge in [-0.15, -0.1) is 0 Å². The van der Waals surface area contributed by atoms with Crippen molar-refractivity contribution in [2.75, 3.05) is 20.8 Å². The molecule has 0 heterocycles. The summed E-state index contributed by atoms with van der Waals surface area (Å²) in [7, 11) is 3.09. The van der Waals surface area contributed by atoms with Gasteiger partial charge in [-0.25, -0.2) is 4.79 Å². The van der Waals surface area contributed by atoms with Gasteiger partial charge in [0.15, 0.2) is 0 Å². The quantitative estimate of drug-likeness (QED) is 0.713. The highest BCUT2D eigenvalue weighted by atomic mass is 16.5. The molecule has 0 aromatic carbocycles. The van der Waals surface area contributed by atoms with Gasteiger partial charge in [0.25, 0.3) is 0 Å². The number of rotatable bonds is 4. The monoisotopic (exact) mass is 215 g/mol. The first-order valence-corrected chi connectivity index (χ1v) is 5.57. The first-order valence-electron chi connectivity index (χ1n) is 5.57. The zero-order valence-electron chi connectivity index (χ0n) is 9.84. The third-order valence-corrected chi connectivity index (χ3v) is 3.16. The molecule has 0 aliphatic heterocycles. The number of nitrogens with one attached hydrogen (secondary N) is 1. The SMILES string of the molecule is CCNC1(C(=O)OC)CCCCC1OC. The summed E-state index contributed by atoms with van der Waals surface area (Å²) < 4.78 is 10.3. The van der Waals surface area contributed by atoms with Gasteiger partial charge in [0.1, 0.15) is 5.54 Å². The molecule has 0 aromatic rings. The van der Waals surface area contributed by atoms with Crippen LogP contribution in [0.1, 0.15) is 32.6 Å². The van der Waals surface area contributed by atoms with Crippen molar-refractivity contribution in [2.24, 2.45) is 0 Å². The zero-order valence-corrected chi connectivity index (χ0v) is 9.84.